The maximum atomic E-state index is 11.3. The van der Waals surface area contributed by atoms with Crippen molar-refractivity contribution in [3.63, 3.8) is 0 Å². The predicted octanol–water partition coefficient (Wildman–Crippen LogP) is 3.21. The average Bonchev–Trinajstić information content (AvgIpc) is 3.30. The number of aromatic nitrogens is 5. The largest absolute Gasteiger partial charge is 0.481 e. The number of fused-ring (bicyclic) bond motifs is 2. The normalized spacial score (nSPS) is 20.0. The first-order chi connectivity index (χ1) is 13.6. The summed E-state index contributed by atoms with van der Waals surface area (Å²) in [5.74, 6) is 0.367. The number of carbonyl (C=O) groups is 1. The van der Waals surface area contributed by atoms with Gasteiger partial charge in [0.2, 0.25) is 0 Å². The van der Waals surface area contributed by atoms with E-state index in [-0.39, 0.29) is 11.8 Å². The molecule has 1 fully saturated rings. The molecule has 1 aliphatic rings. The van der Waals surface area contributed by atoms with Crippen LogP contribution in [0, 0.1) is 5.92 Å². The van der Waals surface area contributed by atoms with Gasteiger partial charge >= 0.3 is 5.97 Å². The number of nitrogens with two attached hydrogens (primary N) is 1. The molecule has 0 atom stereocenters. The van der Waals surface area contributed by atoms with Crippen LogP contribution in [0.5, 0.6) is 0 Å². The number of rotatable bonds is 3. The Labute approximate surface area is 160 Å². The van der Waals surface area contributed by atoms with Crippen LogP contribution >= 0.6 is 0 Å². The molecule has 28 heavy (non-hydrogen) atoms. The smallest absolute Gasteiger partial charge is 0.306 e. The molecule has 0 bridgehead atoms. The summed E-state index contributed by atoms with van der Waals surface area (Å²) in [4.78, 5) is 23.7. The van der Waals surface area contributed by atoms with Crippen molar-refractivity contribution in [2.45, 2.75) is 31.6 Å². The minimum atomic E-state index is -0.711. The van der Waals surface area contributed by atoms with Crippen LogP contribution in [0.25, 0.3) is 27.8 Å². The Kier molecular flexibility index (Phi) is 3.78. The summed E-state index contributed by atoms with van der Waals surface area (Å²) in [6, 6.07) is 10.1. The molecule has 1 saturated carbocycles. The van der Waals surface area contributed by atoms with E-state index in [1.807, 2.05) is 24.3 Å². The number of benzene rings is 1. The fraction of sp³-hybridized carbons (Fsp3) is 0.300. The minimum Gasteiger partial charge on any atom is -0.481 e. The maximum absolute atomic E-state index is 11.3. The van der Waals surface area contributed by atoms with Crippen molar-refractivity contribution >= 4 is 28.2 Å². The van der Waals surface area contributed by atoms with Gasteiger partial charge in [0.05, 0.1) is 11.6 Å². The summed E-state index contributed by atoms with van der Waals surface area (Å²) in [7, 11) is 0. The lowest BCUT2D eigenvalue weighted by Gasteiger charge is -2.24. The van der Waals surface area contributed by atoms with Crippen LogP contribution in [0.4, 0.5) is 5.82 Å². The molecule has 4 N–H and O–H groups in total. The van der Waals surface area contributed by atoms with E-state index in [1.54, 1.807) is 4.52 Å². The Morgan fingerprint density at radius 1 is 1.21 bits per heavy atom. The molecule has 8 heteroatoms. The van der Waals surface area contributed by atoms with Crippen LogP contribution in [-0.2, 0) is 4.79 Å². The quantitative estimate of drug-likeness (QED) is 0.505. The first-order valence-corrected chi connectivity index (χ1v) is 9.42. The number of carboxylic acid groups (broad SMARTS) is 1. The SMILES string of the molecule is Nc1ncnn2c(C3CCC(C(=O)O)CC3)nc(-c3cc4ccccc4[nH]3)c12. The van der Waals surface area contributed by atoms with Crippen LogP contribution in [0.3, 0.4) is 0 Å². The van der Waals surface area contributed by atoms with Gasteiger partial charge in [-0.3, -0.25) is 4.79 Å². The number of nitrogens with zero attached hydrogens (tertiary/aromatic N) is 4. The summed E-state index contributed by atoms with van der Waals surface area (Å²) in [6.07, 6.45) is 4.28. The monoisotopic (exact) mass is 376 g/mol. The van der Waals surface area contributed by atoms with Crippen LogP contribution in [0.1, 0.15) is 37.4 Å². The molecule has 0 spiro atoms. The van der Waals surface area contributed by atoms with Gasteiger partial charge in [-0.15, -0.1) is 0 Å². The van der Waals surface area contributed by atoms with E-state index >= 15 is 0 Å². The molecular formula is C20H20N6O2. The van der Waals surface area contributed by atoms with Crippen molar-refractivity contribution < 1.29 is 9.90 Å². The summed E-state index contributed by atoms with van der Waals surface area (Å²) in [6.45, 7) is 0. The van der Waals surface area contributed by atoms with Crippen molar-refractivity contribution in [2.24, 2.45) is 5.92 Å². The predicted molar refractivity (Wildman–Crippen MR) is 105 cm³/mol. The topological polar surface area (TPSA) is 122 Å². The second-order valence-corrected chi connectivity index (χ2v) is 7.38. The summed E-state index contributed by atoms with van der Waals surface area (Å²) in [5, 5.41) is 14.8. The van der Waals surface area contributed by atoms with Crippen molar-refractivity contribution in [3.8, 4) is 11.4 Å². The zero-order chi connectivity index (χ0) is 19.3. The van der Waals surface area contributed by atoms with Gasteiger partial charge in [0.25, 0.3) is 0 Å². The van der Waals surface area contributed by atoms with Gasteiger partial charge in [-0.05, 0) is 37.8 Å². The molecule has 0 radical (unpaired) electrons. The van der Waals surface area contributed by atoms with E-state index in [0.717, 1.165) is 41.0 Å². The number of nitrogens with one attached hydrogen (secondary N) is 1. The molecule has 5 rings (SSSR count). The van der Waals surface area contributed by atoms with E-state index in [9.17, 15) is 9.90 Å². The van der Waals surface area contributed by atoms with Gasteiger partial charge < -0.3 is 15.8 Å². The van der Waals surface area contributed by atoms with Gasteiger partial charge in [0.15, 0.2) is 5.82 Å². The number of carboxylic acids is 1. The van der Waals surface area contributed by atoms with Crippen LogP contribution in [0.2, 0.25) is 0 Å². The highest BCUT2D eigenvalue weighted by Crippen LogP contribution is 2.38. The summed E-state index contributed by atoms with van der Waals surface area (Å²) in [5.41, 5.74) is 9.49. The number of aromatic amines is 1. The Morgan fingerprint density at radius 2 is 2.00 bits per heavy atom. The number of para-hydroxylation sites is 1. The molecule has 0 unspecified atom stereocenters. The number of aliphatic carboxylic acids is 1. The Bertz CT molecular complexity index is 1150. The Hall–Kier alpha value is -3.42. The second kappa shape index (κ2) is 6.33. The standard InChI is InChI=1S/C20H20N6O2/c21-18-17-16(15-9-13-3-1-2-4-14(13)24-15)25-19(26(17)23-10-22-18)11-5-7-12(8-6-11)20(27)28/h1-4,9-12,24H,5-8H2,(H,27,28)(H2,21,22,23). The molecule has 8 nitrogen and oxygen atoms in total. The number of hydrogen-bond donors (Lipinski definition) is 3. The summed E-state index contributed by atoms with van der Waals surface area (Å²) >= 11 is 0. The summed E-state index contributed by atoms with van der Waals surface area (Å²) < 4.78 is 1.77. The van der Waals surface area contributed by atoms with Gasteiger partial charge in [-0.1, -0.05) is 18.2 Å². The fourth-order valence-corrected chi connectivity index (χ4v) is 4.23. The number of nitrogen functional groups attached to an aromatic ring is 1. The first-order valence-electron chi connectivity index (χ1n) is 9.42. The molecule has 4 aromatic rings. The minimum absolute atomic E-state index is 0.149. The van der Waals surface area contributed by atoms with E-state index in [2.05, 4.69) is 21.1 Å². The third-order valence-corrected chi connectivity index (χ3v) is 5.71. The highest BCUT2D eigenvalue weighted by Gasteiger charge is 2.31. The van der Waals surface area contributed by atoms with Crippen molar-refractivity contribution in [3.05, 3.63) is 42.5 Å². The highest BCUT2D eigenvalue weighted by molar-refractivity contribution is 5.91. The van der Waals surface area contributed by atoms with Gasteiger partial charge in [-0.25, -0.2) is 14.5 Å². The van der Waals surface area contributed by atoms with Gasteiger partial charge in [0, 0.05) is 16.8 Å². The van der Waals surface area contributed by atoms with E-state index in [1.165, 1.54) is 6.33 Å². The fourth-order valence-electron chi connectivity index (χ4n) is 4.23. The molecular weight excluding hydrogens is 356 g/mol. The molecule has 142 valence electrons. The van der Waals surface area contributed by atoms with Crippen molar-refractivity contribution in [1.82, 2.24) is 24.6 Å². The zero-order valence-corrected chi connectivity index (χ0v) is 15.2. The van der Waals surface area contributed by atoms with E-state index in [4.69, 9.17) is 10.7 Å². The molecule has 0 saturated heterocycles. The molecule has 0 amide bonds. The number of hydrogen-bond acceptors (Lipinski definition) is 5. The molecule has 3 aromatic heterocycles. The van der Waals surface area contributed by atoms with E-state index < -0.39 is 5.97 Å². The van der Waals surface area contributed by atoms with Crippen molar-refractivity contribution in [2.75, 3.05) is 5.73 Å². The molecule has 0 aliphatic heterocycles. The second-order valence-electron chi connectivity index (χ2n) is 7.38. The number of anilines is 1. The van der Waals surface area contributed by atoms with Gasteiger partial charge in [0.1, 0.15) is 23.4 Å². The van der Waals surface area contributed by atoms with Crippen LogP contribution < -0.4 is 5.73 Å². The van der Waals surface area contributed by atoms with Crippen molar-refractivity contribution in [1.29, 1.82) is 0 Å². The van der Waals surface area contributed by atoms with Crippen LogP contribution in [0.15, 0.2) is 36.7 Å². The number of imidazole rings is 1. The molecule has 3 heterocycles. The maximum Gasteiger partial charge on any atom is 0.306 e. The number of H-pyrrole nitrogens is 1. The third kappa shape index (κ3) is 2.60. The lowest BCUT2D eigenvalue weighted by Crippen LogP contribution is -2.21. The molecule has 1 aromatic carbocycles. The third-order valence-electron chi connectivity index (χ3n) is 5.71. The highest BCUT2D eigenvalue weighted by atomic mass is 16.4. The lowest BCUT2D eigenvalue weighted by atomic mass is 9.82. The Balaban J connectivity index is 1.62. The molecule has 1 aliphatic carbocycles. The zero-order valence-electron chi connectivity index (χ0n) is 15.2. The van der Waals surface area contributed by atoms with Crippen LogP contribution in [-0.4, -0.2) is 35.6 Å². The average molecular weight is 376 g/mol. The van der Waals surface area contributed by atoms with E-state index in [0.29, 0.717) is 24.2 Å². The van der Waals surface area contributed by atoms with Gasteiger partial charge in [-0.2, -0.15) is 5.10 Å². The lowest BCUT2D eigenvalue weighted by molar-refractivity contribution is -0.142. The first kappa shape index (κ1) is 16.7. The Morgan fingerprint density at radius 3 is 2.75 bits per heavy atom.